The van der Waals surface area contributed by atoms with Crippen LogP contribution in [-0.2, 0) is 0 Å². The second-order valence-corrected chi connectivity index (χ2v) is 5.48. The van der Waals surface area contributed by atoms with Gasteiger partial charge in [-0.05, 0) is 30.4 Å². The van der Waals surface area contributed by atoms with E-state index in [4.69, 9.17) is 0 Å². The third-order valence-corrected chi connectivity index (χ3v) is 3.70. The summed E-state index contributed by atoms with van der Waals surface area (Å²) < 4.78 is 0. The van der Waals surface area contributed by atoms with Crippen LogP contribution in [0.3, 0.4) is 0 Å². The van der Waals surface area contributed by atoms with Gasteiger partial charge in [0.15, 0.2) is 0 Å². The highest BCUT2D eigenvalue weighted by Gasteiger charge is 2.33. The molecule has 1 unspecified atom stereocenters. The number of hydrogen-bond donors (Lipinski definition) is 1. The Bertz CT molecular complexity index is 408. The van der Waals surface area contributed by atoms with E-state index in [0.717, 1.165) is 12.1 Å². The van der Waals surface area contributed by atoms with E-state index in [9.17, 15) is 0 Å². The van der Waals surface area contributed by atoms with Gasteiger partial charge in [0.2, 0.25) is 0 Å². The fraction of sp³-hybridized carbons (Fsp3) is 0.500. The van der Waals surface area contributed by atoms with Gasteiger partial charge in [0.05, 0.1) is 6.54 Å². The molecule has 2 rings (SSSR count). The fourth-order valence-electron chi connectivity index (χ4n) is 2.55. The maximum absolute atomic E-state index is 3.57. The van der Waals surface area contributed by atoms with Gasteiger partial charge in [-0.25, -0.2) is 0 Å². The van der Waals surface area contributed by atoms with Crippen LogP contribution in [-0.4, -0.2) is 12.6 Å². The molecular formula is C16H21N. The average molecular weight is 227 g/mol. The molecule has 0 amide bonds. The van der Waals surface area contributed by atoms with E-state index in [-0.39, 0.29) is 0 Å². The second-order valence-electron chi connectivity index (χ2n) is 5.48. The van der Waals surface area contributed by atoms with Crippen molar-refractivity contribution in [3.63, 3.8) is 0 Å². The quantitative estimate of drug-likeness (QED) is 0.765. The number of rotatable bonds is 2. The Morgan fingerprint density at radius 2 is 2.06 bits per heavy atom. The van der Waals surface area contributed by atoms with E-state index >= 15 is 0 Å². The predicted molar refractivity (Wildman–Crippen MR) is 72.7 cm³/mol. The molecule has 1 heteroatoms. The highest BCUT2D eigenvalue weighted by molar-refractivity contribution is 5.33. The van der Waals surface area contributed by atoms with Crippen LogP contribution in [0.25, 0.3) is 0 Å². The molecule has 1 saturated carbocycles. The molecule has 1 aliphatic rings. The van der Waals surface area contributed by atoms with Crippen LogP contribution in [0.15, 0.2) is 30.3 Å². The summed E-state index contributed by atoms with van der Waals surface area (Å²) in [6.07, 6.45) is 3.97. The molecule has 1 aromatic rings. The lowest BCUT2D eigenvalue weighted by Gasteiger charge is -2.27. The van der Waals surface area contributed by atoms with Gasteiger partial charge in [-0.15, -0.1) is 0 Å². The van der Waals surface area contributed by atoms with Gasteiger partial charge < -0.3 is 5.32 Å². The smallest absolute Gasteiger partial charge is 0.0582 e. The number of nitrogens with one attached hydrogen (secondary N) is 1. The molecule has 0 saturated heterocycles. The van der Waals surface area contributed by atoms with E-state index in [1.807, 2.05) is 30.3 Å². The summed E-state index contributed by atoms with van der Waals surface area (Å²) in [5.41, 5.74) is 1.54. The van der Waals surface area contributed by atoms with Crippen molar-refractivity contribution in [1.29, 1.82) is 0 Å². The van der Waals surface area contributed by atoms with Crippen molar-refractivity contribution in [3.05, 3.63) is 35.9 Å². The Hall–Kier alpha value is -1.26. The molecule has 1 atom stereocenters. The maximum atomic E-state index is 3.57. The molecule has 0 bridgehead atoms. The lowest BCUT2D eigenvalue weighted by molar-refractivity contribution is 0.292. The van der Waals surface area contributed by atoms with E-state index in [2.05, 4.69) is 31.0 Å². The lowest BCUT2D eigenvalue weighted by atomic mass is 9.87. The van der Waals surface area contributed by atoms with Crippen LogP contribution >= 0.6 is 0 Å². The predicted octanol–water partition coefficient (Wildman–Crippen LogP) is 3.21. The first-order chi connectivity index (χ1) is 8.18. The fourth-order valence-corrected chi connectivity index (χ4v) is 2.55. The highest BCUT2D eigenvalue weighted by Crippen LogP contribution is 2.36. The molecule has 0 spiro atoms. The van der Waals surface area contributed by atoms with E-state index < -0.39 is 0 Å². The summed E-state index contributed by atoms with van der Waals surface area (Å²) in [4.78, 5) is 0. The van der Waals surface area contributed by atoms with Crippen LogP contribution in [0, 0.1) is 17.3 Å². The first-order valence-corrected chi connectivity index (χ1v) is 6.46. The van der Waals surface area contributed by atoms with Gasteiger partial charge in [0.1, 0.15) is 0 Å². The van der Waals surface area contributed by atoms with Crippen molar-refractivity contribution in [2.75, 3.05) is 6.54 Å². The average Bonchev–Trinajstić information content (AvgIpc) is 2.66. The van der Waals surface area contributed by atoms with E-state index in [0.29, 0.717) is 11.5 Å². The Morgan fingerprint density at radius 1 is 1.29 bits per heavy atom. The third kappa shape index (κ3) is 3.35. The molecular weight excluding hydrogens is 206 g/mol. The zero-order chi connectivity index (χ0) is 12.1. The van der Waals surface area contributed by atoms with Crippen molar-refractivity contribution in [3.8, 4) is 11.8 Å². The minimum atomic E-state index is 0.439. The van der Waals surface area contributed by atoms with E-state index in [1.165, 1.54) is 19.3 Å². The molecule has 1 N–H and O–H groups in total. The van der Waals surface area contributed by atoms with E-state index in [1.54, 1.807) is 0 Å². The van der Waals surface area contributed by atoms with Gasteiger partial charge in [-0.3, -0.25) is 0 Å². The molecule has 1 aliphatic carbocycles. The van der Waals surface area contributed by atoms with Crippen LogP contribution in [0.2, 0.25) is 0 Å². The lowest BCUT2D eigenvalue weighted by Crippen LogP contribution is -2.37. The summed E-state index contributed by atoms with van der Waals surface area (Å²) in [5, 5.41) is 3.57. The molecule has 90 valence electrons. The molecule has 1 nitrogen and oxygen atoms in total. The van der Waals surface area contributed by atoms with Gasteiger partial charge in [-0.1, -0.05) is 50.3 Å². The van der Waals surface area contributed by atoms with Crippen molar-refractivity contribution in [1.82, 2.24) is 5.32 Å². The largest absolute Gasteiger partial charge is 0.303 e. The Labute approximate surface area is 105 Å². The second kappa shape index (κ2) is 5.38. The summed E-state index contributed by atoms with van der Waals surface area (Å²) in [6, 6.07) is 10.8. The van der Waals surface area contributed by atoms with Crippen LogP contribution < -0.4 is 5.32 Å². The molecule has 17 heavy (non-hydrogen) atoms. The SMILES string of the molecule is CC1(C)CCCC1NCC#Cc1ccccc1. The standard InChI is InChI=1S/C16H21N/c1-16(2)12-6-11-15(16)17-13-7-10-14-8-4-3-5-9-14/h3-5,8-9,15,17H,6,11-13H2,1-2H3. The van der Waals surface area contributed by atoms with Crippen molar-refractivity contribution in [2.45, 2.75) is 39.2 Å². The molecule has 1 aromatic carbocycles. The summed E-state index contributed by atoms with van der Waals surface area (Å²) in [6.45, 7) is 5.49. The molecule has 1 fully saturated rings. The Balaban J connectivity index is 1.82. The maximum Gasteiger partial charge on any atom is 0.0582 e. The first kappa shape index (κ1) is 12.2. The van der Waals surface area contributed by atoms with Crippen LogP contribution in [0.1, 0.15) is 38.7 Å². The van der Waals surface area contributed by atoms with Gasteiger partial charge in [0, 0.05) is 11.6 Å². The van der Waals surface area contributed by atoms with Gasteiger partial charge in [-0.2, -0.15) is 0 Å². The Morgan fingerprint density at radius 3 is 2.71 bits per heavy atom. The van der Waals surface area contributed by atoms with Gasteiger partial charge >= 0.3 is 0 Å². The normalized spacial score (nSPS) is 21.9. The summed E-state index contributed by atoms with van der Waals surface area (Å²) in [5.74, 6) is 6.39. The molecule has 0 aliphatic heterocycles. The Kier molecular flexibility index (Phi) is 3.86. The molecule has 0 aromatic heterocycles. The minimum absolute atomic E-state index is 0.439. The van der Waals surface area contributed by atoms with Crippen molar-refractivity contribution >= 4 is 0 Å². The van der Waals surface area contributed by atoms with Crippen LogP contribution in [0.5, 0.6) is 0 Å². The molecule has 0 heterocycles. The van der Waals surface area contributed by atoms with Gasteiger partial charge in [0.25, 0.3) is 0 Å². The molecule has 0 radical (unpaired) electrons. The number of hydrogen-bond acceptors (Lipinski definition) is 1. The zero-order valence-electron chi connectivity index (χ0n) is 10.8. The monoisotopic (exact) mass is 227 g/mol. The van der Waals surface area contributed by atoms with Crippen molar-refractivity contribution < 1.29 is 0 Å². The minimum Gasteiger partial charge on any atom is -0.303 e. The zero-order valence-corrected chi connectivity index (χ0v) is 10.8. The van der Waals surface area contributed by atoms with Crippen molar-refractivity contribution in [2.24, 2.45) is 5.41 Å². The third-order valence-electron chi connectivity index (χ3n) is 3.70. The summed E-state index contributed by atoms with van der Waals surface area (Å²) >= 11 is 0. The first-order valence-electron chi connectivity index (χ1n) is 6.46. The highest BCUT2D eigenvalue weighted by atomic mass is 14.9. The van der Waals surface area contributed by atoms with Crippen LogP contribution in [0.4, 0.5) is 0 Å². The number of benzene rings is 1. The summed E-state index contributed by atoms with van der Waals surface area (Å²) in [7, 11) is 0. The topological polar surface area (TPSA) is 12.0 Å².